The molecule has 1 aliphatic rings. The van der Waals surface area contributed by atoms with Gasteiger partial charge in [-0.05, 0) is 50.7 Å². The van der Waals surface area contributed by atoms with Crippen molar-refractivity contribution in [2.45, 2.75) is 25.4 Å². The standard InChI is InChI=1S/C12H21NO2Si.C3H7N.C3H10O3Si/c1-14-16(3,15-2)11-7-10-13-12-8-5-4-6-9-12;1-2-4-3-1;1-4-7(5-2)6-3/h4-6,8-9,13H,7,10-11H2,1-3H3;4H,1-3H2;7H,1-3H3. The molecule has 0 saturated carbocycles. The highest BCUT2D eigenvalue weighted by Gasteiger charge is 2.27. The van der Waals surface area contributed by atoms with Gasteiger partial charge in [0.2, 0.25) is 0 Å². The molecule has 2 N–H and O–H groups in total. The second-order valence-electron chi connectivity index (χ2n) is 6.04. The predicted octanol–water partition coefficient (Wildman–Crippen LogP) is 2.48. The summed E-state index contributed by atoms with van der Waals surface area (Å²) in [7, 11) is 4.65. The van der Waals surface area contributed by atoms with Crippen LogP contribution >= 0.6 is 0 Å². The molecular formula is C18H38N2O5Si2. The molecule has 1 saturated heterocycles. The highest BCUT2D eigenvalue weighted by atomic mass is 28.4. The second kappa shape index (κ2) is 17.3. The topological polar surface area (TPSA) is 70.2 Å². The number of nitrogens with one attached hydrogen (secondary N) is 2. The number of hydrogen-bond acceptors (Lipinski definition) is 7. The van der Waals surface area contributed by atoms with Gasteiger partial charge in [-0.25, -0.2) is 0 Å². The quantitative estimate of drug-likeness (QED) is 0.447. The van der Waals surface area contributed by atoms with Crippen LogP contribution in [0, 0.1) is 0 Å². The number of para-hydroxylation sites is 1. The molecule has 27 heavy (non-hydrogen) atoms. The molecule has 1 aliphatic heterocycles. The van der Waals surface area contributed by atoms with Gasteiger partial charge < -0.3 is 32.8 Å². The maximum atomic E-state index is 5.43. The minimum atomic E-state index is -1.88. The second-order valence-corrected chi connectivity index (χ2v) is 11.6. The Labute approximate surface area is 167 Å². The van der Waals surface area contributed by atoms with Crippen molar-refractivity contribution in [3.63, 3.8) is 0 Å². The van der Waals surface area contributed by atoms with E-state index >= 15 is 0 Å². The van der Waals surface area contributed by atoms with Gasteiger partial charge in [0, 0.05) is 47.8 Å². The molecule has 158 valence electrons. The van der Waals surface area contributed by atoms with E-state index in [1.807, 2.05) is 18.2 Å². The van der Waals surface area contributed by atoms with Gasteiger partial charge in [-0.2, -0.15) is 0 Å². The Morgan fingerprint density at radius 2 is 1.44 bits per heavy atom. The number of rotatable bonds is 10. The third-order valence-corrected chi connectivity index (χ3v) is 8.20. The largest absolute Gasteiger partial charge is 0.483 e. The van der Waals surface area contributed by atoms with E-state index in [0.29, 0.717) is 0 Å². The Balaban J connectivity index is 0.000000501. The molecule has 0 amide bonds. The van der Waals surface area contributed by atoms with Crippen molar-refractivity contribution < 1.29 is 22.1 Å². The van der Waals surface area contributed by atoms with Crippen LogP contribution in [-0.2, 0) is 22.1 Å². The van der Waals surface area contributed by atoms with Crippen LogP contribution in [0.4, 0.5) is 5.69 Å². The summed E-state index contributed by atoms with van der Waals surface area (Å²) in [6, 6.07) is 11.2. The Kier molecular flexibility index (Phi) is 16.8. The van der Waals surface area contributed by atoms with E-state index in [2.05, 4.69) is 29.3 Å². The summed E-state index contributed by atoms with van der Waals surface area (Å²) in [5, 5.41) is 6.49. The van der Waals surface area contributed by atoms with Crippen LogP contribution in [0.3, 0.4) is 0 Å². The van der Waals surface area contributed by atoms with E-state index in [9.17, 15) is 0 Å². The van der Waals surface area contributed by atoms with Gasteiger partial charge in [-0.1, -0.05) is 18.2 Å². The minimum Gasteiger partial charge on any atom is -0.398 e. The van der Waals surface area contributed by atoms with Crippen LogP contribution in [0.15, 0.2) is 30.3 Å². The molecule has 1 fully saturated rings. The fourth-order valence-corrected chi connectivity index (χ4v) is 3.92. The van der Waals surface area contributed by atoms with Crippen LogP contribution in [0.1, 0.15) is 12.8 Å². The molecule has 0 spiro atoms. The Hall–Kier alpha value is -0.786. The third kappa shape index (κ3) is 13.9. The highest BCUT2D eigenvalue weighted by Crippen LogP contribution is 2.14. The van der Waals surface area contributed by atoms with Gasteiger partial charge >= 0.3 is 18.1 Å². The van der Waals surface area contributed by atoms with Crippen LogP contribution < -0.4 is 10.6 Å². The molecule has 1 heterocycles. The fourth-order valence-electron chi connectivity index (χ4n) is 1.95. The number of anilines is 1. The molecule has 0 unspecified atom stereocenters. The summed E-state index contributed by atoms with van der Waals surface area (Å²) in [4.78, 5) is 0. The lowest BCUT2D eigenvalue weighted by Crippen LogP contribution is -2.36. The smallest absolute Gasteiger partial charge is 0.398 e. The summed E-state index contributed by atoms with van der Waals surface area (Å²) >= 11 is 0. The van der Waals surface area contributed by atoms with Crippen LogP contribution in [-0.4, -0.2) is 73.3 Å². The molecule has 0 aliphatic carbocycles. The van der Waals surface area contributed by atoms with E-state index in [1.165, 1.54) is 25.2 Å². The first-order valence-corrected chi connectivity index (χ1v) is 13.2. The van der Waals surface area contributed by atoms with Gasteiger partial charge in [-0.15, -0.1) is 0 Å². The molecule has 7 nitrogen and oxygen atoms in total. The van der Waals surface area contributed by atoms with Crippen LogP contribution in [0.2, 0.25) is 12.6 Å². The SMILES string of the molecule is C1CNC1.CO[SiH](OC)OC.CO[Si](C)(CCCNc1ccccc1)OC. The molecule has 0 aromatic heterocycles. The molecular weight excluding hydrogens is 380 g/mol. The summed E-state index contributed by atoms with van der Waals surface area (Å²) in [5.74, 6) is 0. The zero-order valence-electron chi connectivity index (χ0n) is 17.7. The van der Waals surface area contributed by atoms with Gasteiger partial charge in [0.25, 0.3) is 0 Å². The average molecular weight is 419 g/mol. The van der Waals surface area contributed by atoms with E-state index < -0.39 is 18.1 Å². The van der Waals surface area contributed by atoms with Crippen LogP contribution in [0.25, 0.3) is 0 Å². The van der Waals surface area contributed by atoms with Crippen molar-refractivity contribution in [1.29, 1.82) is 0 Å². The first-order valence-electron chi connectivity index (χ1n) is 9.23. The van der Waals surface area contributed by atoms with Crippen molar-refractivity contribution in [3.8, 4) is 0 Å². The first kappa shape index (κ1) is 26.2. The van der Waals surface area contributed by atoms with Gasteiger partial charge in [-0.3, -0.25) is 0 Å². The first-order chi connectivity index (χ1) is 13.0. The molecule has 0 bridgehead atoms. The maximum Gasteiger partial charge on any atom is 0.483 e. The molecule has 1 aromatic carbocycles. The number of hydrogen-bond donors (Lipinski definition) is 2. The van der Waals surface area contributed by atoms with E-state index in [1.54, 1.807) is 35.5 Å². The summed E-state index contributed by atoms with van der Waals surface area (Å²) in [5.41, 5.74) is 1.17. The molecule has 2 rings (SSSR count). The zero-order valence-corrected chi connectivity index (χ0v) is 19.9. The minimum absolute atomic E-state index is 0.958. The van der Waals surface area contributed by atoms with E-state index in [-0.39, 0.29) is 0 Å². The Bertz CT molecular complexity index is 422. The number of benzene rings is 1. The zero-order chi connectivity index (χ0) is 20.4. The summed E-state index contributed by atoms with van der Waals surface area (Å²) in [6.07, 6.45) is 2.46. The monoisotopic (exact) mass is 418 g/mol. The van der Waals surface area contributed by atoms with Crippen molar-refractivity contribution in [3.05, 3.63) is 30.3 Å². The van der Waals surface area contributed by atoms with Gasteiger partial charge in [0.05, 0.1) is 0 Å². The van der Waals surface area contributed by atoms with Crippen molar-refractivity contribution in [1.82, 2.24) is 5.32 Å². The van der Waals surface area contributed by atoms with Crippen molar-refractivity contribution in [2.24, 2.45) is 0 Å². The van der Waals surface area contributed by atoms with E-state index in [0.717, 1.165) is 19.0 Å². The normalized spacial score (nSPS) is 13.0. The van der Waals surface area contributed by atoms with Gasteiger partial charge in [0.1, 0.15) is 0 Å². The van der Waals surface area contributed by atoms with E-state index in [4.69, 9.17) is 22.1 Å². The predicted molar refractivity (Wildman–Crippen MR) is 116 cm³/mol. The van der Waals surface area contributed by atoms with Crippen molar-refractivity contribution in [2.75, 3.05) is 60.5 Å². The Morgan fingerprint density at radius 3 is 1.78 bits per heavy atom. The average Bonchev–Trinajstić information content (AvgIpc) is 2.66. The maximum absolute atomic E-state index is 5.43. The highest BCUT2D eigenvalue weighted by molar-refractivity contribution is 6.65. The lowest BCUT2D eigenvalue weighted by molar-refractivity contribution is 0.163. The third-order valence-electron chi connectivity index (χ3n) is 4.06. The van der Waals surface area contributed by atoms with Gasteiger partial charge in [0.15, 0.2) is 0 Å². The summed E-state index contributed by atoms with van der Waals surface area (Å²) < 4.78 is 25.1. The van der Waals surface area contributed by atoms with Crippen molar-refractivity contribution >= 4 is 23.8 Å². The van der Waals surface area contributed by atoms with Crippen LogP contribution in [0.5, 0.6) is 0 Å². The molecule has 9 heteroatoms. The molecule has 1 aromatic rings. The lowest BCUT2D eigenvalue weighted by Gasteiger charge is -2.22. The Morgan fingerprint density at radius 1 is 0.963 bits per heavy atom. The molecule has 0 atom stereocenters. The fraction of sp³-hybridized carbons (Fsp3) is 0.667. The molecule has 0 radical (unpaired) electrons. The lowest BCUT2D eigenvalue weighted by atomic mass is 10.3. The summed E-state index contributed by atoms with van der Waals surface area (Å²) in [6.45, 7) is 5.55.